The van der Waals surface area contributed by atoms with Crippen LogP contribution in [0.1, 0.15) is 46.5 Å². The number of halogens is 7. The maximum absolute atomic E-state index is 13.4. The number of nitrogens with one attached hydrogen (secondary N) is 1. The molecule has 3 rings (SSSR count). The lowest BCUT2D eigenvalue weighted by Crippen LogP contribution is -2.47. The molecule has 0 saturated carbocycles. The summed E-state index contributed by atoms with van der Waals surface area (Å²) >= 11 is 8.17. The first-order valence-electron chi connectivity index (χ1n) is 10.5. The summed E-state index contributed by atoms with van der Waals surface area (Å²) in [5.41, 5.74) is -1.11. The van der Waals surface area contributed by atoms with Gasteiger partial charge in [0.15, 0.2) is 6.61 Å². The Hall–Kier alpha value is -0.770. The molecule has 1 heterocycles. The minimum atomic E-state index is -4.70. The molecule has 2 aromatic rings. The number of fused-ring (bicyclic) bond motifs is 1. The van der Waals surface area contributed by atoms with Crippen molar-refractivity contribution in [3.8, 4) is 0 Å². The first-order valence-corrected chi connectivity index (χ1v) is 14.8. The molecule has 1 aliphatic rings. The van der Waals surface area contributed by atoms with Crippen molar-refractivity contribution >= 4 is 120 Å². The van der Waals surface area contributed by atoms with E-state index >= 15 is 0 Å². The summed E-state index contributed by atoms with van der Waals surface area (Å²) < 4.78 is 47.5. The second-order valence-electron chi connectivity index (χ2n) is 8.33. The number of carbonyl (C=O) groups is 4. The number of ether oxygens (including phenoxy) is 1. The highest BCUT2D eigenvalue weighted by molar-refractivity contribution is 14.1. The molecule has 1 atom stereocenters. The van der Waals surface area contributed by atoms with Gasteiger partial charge in [0, 0.05) is 14.3 Å². The number of carbonyl (C=O) groups excluding carboxylic acids is 4. The van der Waals surface area contributed by atoms with Crippen LogP contribution in [-0.4, -0.2) is 41.2 Å². The summed E-state index contributed by atoms with van der Waals surface area (Å²) in [6, 6.07) is 3.08. The second-order valence-corrected chi connectivity index (χ2v) is 12.6. The van der Waals surface area contributed by atoms with Crippen LogP contribution in [0, 0.1) is 20.2 Å². The highest BCUT2D eigenvalue weighted by Gasteiger charge is 2.47. The fourth-order valence-electron chi connectivity index (χ4n) is 3.66. The van der Waals surface area contributed by atoms with Gasteiger partial charge in [-0.15, -0.1) is 0 Å². The Bertz CT molecular complexity index is 1250. The van der Waals surface area contributed by atoms with Crippen molar-refractivity contribution in [1.29, 1.82) is 0 Å². The zero-order chi connectivity index (χ0) is 27.8. The quantitative estimate of drug-likeness (QED) is 0.116. The Morgan fingerprint density at radius 3 is 1.95 bits per heavy atom. The van der Waals surface area contributed by atoms with E-state index in [1.807, 2.05) is 45.2 Å². The monoisotopic (exact) mass is 966 g/mol. The number of esters is 1. The van der Waals surface area contributed by atoms with Crippen molar-refractivity contribution in [2.24, 2.45) is 5.92 Å². The zero-order valence-electron chi connectivity index (χ0n) is 19.0. The Labute approximate surface area is 264 Å². The number of amides is 3. The molecule has 7 nitrogen and oxygen atoms in total. The predicted molar refractivity (Wildman–Crippen MR) is 162 cm³/mol. The minimum Gasteiger partial charge on any atom is -0.454 e. The van der Waals surface area contributed by atoms with E-state index in [0.717, 1.165) is 24.2 Å². The highest BCUT2D eigenvalue weighted by Crippen LogP contribution is 2.39. The number of nitrogens with zero attached hydrogens (tertiary/aromatic N) is 1. The number of hydrogen-bond acceptors (Lipinski definition) is 5. The van der Waals surface area contributed by atoms with Gasteiger partial charge >= 0.3 is 12.1 Å². The predicted octanol–water partition coefficient (Wildman–Crippen LogP) is 6.32. The minimum absolute atomic E-state index is 0.0736. The van der Waals surface area contributed by atoms with Crippen molar-refractivity contribution in [3.05, 3.63) is 55.2 Å². The normalized spacial score (nSPS) is 14.2. The van der Waals surface area contributed by atoms with Crippen LogP contribution < -0.4 is 5.32 Å². The Balaban J connectivity index is 1.82. The van der Waals surface area contributed by atoms with Gasteiger partial charge in [-0.25, -0.2) is 4.79 Å². The van der Waals surface area contributed by atoms with Crippen molar-refractivity contribution in [2.45, 2.75) is 32.5 Å². The molecule has 0 saturated heterocycles. The van der Waals surface area contributed by atoms with Crippen LogP contribution in [0.15, 0.2) is 24.3 Å². The molecule has 0 aromatic heterocycles. The third-order valence-electron chi connectivity index (χ3n) is 5.26. The number of hydrogen-bond donors (Lipinski definition) is 1. The van der Waals surface area contributed by atoms with E-state index in [-0.39, 0.29) is 23.5 Å². The van der Waals surface area contributed by atoms with Crippen molar-refractivity contribution in [2.75, 3.05) is 11.9 Å². The van der Waals surface area contributed by atoms with Crippen LogP contribution in [0.4, 0.5) is 18.9 Å². The average molecular weight is 966 g/mol. The fraction of sp³-hybridized carbons (Fsp3) is 0.304. The summed E-state index contributed by atoms with van der Waals surface area (Å²) in [6.45, 7) is 2.69. The largest absolute Gasteiger partial charge is 0.454 e. The van der Waals surface area contributed by atoms with E-state index in [4.69, 9.17) is 4.74 Å². The van der Waals surface area contributed by atoms with Gasteiger partial charge in [-0.05, 0) is 115 Å². The van der Waals surface area contributed by atoms with E-state index in [0.29, 0.717) is 7.14 Å². The zero-order valence-corrected chi connectivity index (χ0v) is 27.6. The van der Waals surface area contributed by atoms with Gasteiger partial charge in [-0.1, -0.05) is 26.0 Å². The molecule has 0 aliphatic carbocycles. The van der Waals surface area contributed by atoms with Crippen LogP contribution in [0.25, 0.3) is 0 Å². The lowest BCUT2D eigenvalue weighted by atomic mass is 10.0. The summed E-state index contributed by atoms with van der Waals surface area (Å²) in [5, 5.41) is 2.09. The van der Waals surface area contributed by atoms with Gasteiger partial charge in [-0.3, -0.25) is 19.3 Å². The number of alkyl halides is 3. The molecule has 0 spiro atoms. The van der Waals surface area contributed by atoms with Gasteiger partial charge in [0.25, 0.3) is 17.7 Å². The second kappa shape index (κ2) is 12.2. The molecule has 198 valence electrons. The first kappa shape index (κ1) is 30.8. The maximum Gasteiger partial charge on any atom is 0.418 e. The van der Waals surface area contributed by atoms with E-state index in [2.05, 4.69) is 50.5 Å². The van der Waals surface area contributed by atoms with Crippen LogP contribution in [-0.2, 0) is 20.5 Å². The molecule has 0 fully saturated rings. The molecular formula is C23H17F3I4N2O5. The number of rotatable bonds is 7. The molecule has 3 amide bonds. The lowest BCUT2D eigenvalue weighted by molar-refractivity contribution is -0.151. The summed E-state index contributed by atoms with van der Waals surface area (Å²) in [5.74, 6) is -3.40. The molecule has 0 unspecified atom stereocenters. The van der Waals surface area contributed by atoms with Gasteiger partial charge < -0.3 is 10.1 Å². The van der Waals surface area contributed by atoms with Gasteiger partial charge in [0.2, 0.25) is 0 Å². The smallest absolute Gasteiger partial charge is 0.418 e. The summed E-state index contributed by atoms with van der Waals surface area (Å²) in [4.78, 5) is 53.0. The van der Waals surface area contributed by atoms with Gasteiger partial charge in [0.1, 0.15) is 6.04 Å². The summed E-state index contributed by atoms with van der Waals surface area (Å²) in [6.07, 6.45) is -4.62. The van der Waals surface area contributed by atoms with Gasteiger partial charge in [-0.2, -0.15) is 13.2 Å². The van der Waals surface area contributed by atoms with E-state index in [1.165, 1.54) is 12.1 Å². The maximum atomic E-state index is 13.4. The SMILES string of the molecule is CC(C)C[C@@H](C(=O)OCC(=O)Nc1ccccc1C(F)(F)F)N1C(=O)c2c(I)c(I)c(I)c(I)c2C1=O. The lowest BCUT2D eigenvalue weighted by Gasteiger charge is -2.26. The average Bonchev–Trinajstić information content (AvgIpc) is 3.07. The number of para-hydroxylation sites is 1. The molecular weight excluding hydrogens is 949 g/mol. The van der Waals surface area contributed by atoms with Crippen LogP contribution >= 0.6 is 90.4 Å². The van der Waals surface area contributed by atoms with Crippen molar-refractivity contribution < 1.29 is 37.1 Å². The summed E-state index contributed by atoms with van der Waals surface area (Å²) in [7, 11) is 0. The van der Waals surface area contributed by atoms with Crippen LogP contribution in [0.2, 0.25) is 0 Å². The molecule has 37 heavy (non-hydrogen) atoms. The molecule has 14 heteroatoms. The third-order valence-corrected chi connectivity index (χ3v) is 12.7. The van der Waals surface area contributed by atoms with E-state index in [1.54, 1.807) is 13.8 Å². The van der Waals surface area contributed by atoms with Crippen LogP contribution in [0.5, 0.6) is 0 Å². The number of benzene rings is 2. The van der Waals surface area contributed by atoms with Gasteiger partial charge in [0.05, 0.1) is 22.4 Å². The Kier molecular flexibility index (Phi) is 10.1. The van der Waals surface area contributed by atoms with E-state index < -0.39 is 53.8 Å². The standard InChI is InChI=1S/C23H17F3I4N2O5/c1-9(2)7-12(32-20(34)14-15(21(32)35)17(28)19(30)18(29)16(14)27)22(36)37-8-13(33)31-11-6-4-3-5-10(11)23(24,25)26/h3-6,9,12H,7-8H2,1-2H3,(H,31,33)/t12-/m0/s1. The van der Waals surface area contributed by atoms with Crippen molar-refractivity contribution in [3.63, 3.8) is 0 Å². The Morgan fingerprint density at radius 1 is 0.946 bits per heavy atom. The fourth-order valence-corrected chi connectivity index (χ4v) is 7.31. The number of imide groups is 1. The first-order chi connectivity index (χ1) is 17.2. The number of anilines is 1. The highest BCUT2D eigenvalue weighted by atomic mass is 127. The topological polar surface area (TPSA) is 92.8 Å². The van der Waals surface area contributed by atoms with Crippen molar-refractivity contribution in [1.82, 2.24) is 4.90 Å². The molecule has 0 radical (unpaired) electrons. The Morgan fingerprint density at radius 2 is 1.46 bits per heavy atom. The molecule has 1 N–H and O–H groups in total. The van der Waals surface area contributed by atoms with Crippen LogP contribution in [0.3, 0.4) is 0 Å². The molecule has 1 aliphatic heterocycles. The molecule has 2 aromatic carbocycles. The molecule has 0 bridgehead atoms. The van der Waals surface area contributed by atoms with E-state index in [9.17, 15) is 32.3 Å². The third kappa shape index (κ3) is 6.52.